The van der Waals surface area contributed by atoms with E-state index in [4.69, 9.17) is 0 Å². The van der Waals surface area contributed by atoms with Gasteiger partial charge in [-0.15, -0.1) is 0 Å². The van der Waals surface area contributed by atoms with Gasteiger partial charge in [-0.2, -0.15) is 0 Å². The summed E-state index contributed by atoms with van der Waals surface area (Å²) in [6.07, 6.45) is 6.03. The molecule has 1 N–H and O–H groups in total. The van der Waals surface area contributed by atoms with Crippen LogP contribution in [0, 0.1) is 0 Å². The highest BCUT2D eigenvalue weighted by Crippen LogP contribution is 2.21. The van der Waals surface area contributed by atoms with Crippen LogP contribution in [0.2, 0.25) is 0 Å². The molecule has 1 heterocycles. The Labute approximate surface area is 119 Å². The molecule has 4 nitrogen and oxygen atoms in total. The summed E-state index contributed by atoms with van der Waals surface area (Å²) < 4.78 is 2.10. The first-order valence-electron chi connectivity index (χ1n) is 7.00. The molecule has 1 unspecified atom stereocenters. The molecule has 1 atom stereocenters. The molecule has 2 aromatic rings. The maximum atomic E-state index is 11.4. The van der Waals surface area contributed by atoms with Crippen molar-refractivity contribution in [2.75, 3.05) is 0 Å². The van der Waals surface area contributed by atoms with Gasteiger partial charge >= 0.3 is 5.97 Å². The molecular formula is C16H20N2O2. The van der Waals surface area contributed by atoms with E-state index in [2.05, 4.69) is 16.5 Å². The number of rotatable bonds is 7. The zero-order valence-corrected chi connectivity index (χ0v) is 11.7. The summed E-state index contributed by atoms with van der Waals surface area (Å²) in [5, 5.41) is 9.40. The fraction of sp³-hybridized carbons (Fsp3) is 0.375. The lowest BCUT2D eigenvalue weighted by molar-refractivity contribution is -0.138. The van der Waals surface area contributed by atoms with Crippen molar-refractivity contribution in [1.82, 2.24) is 9.55 Å². The van der Waals surface area contributed by atoms with Crippen molar-refractivity contribution < 1.29 is 9.90 Å². The minimum atomic E-state index is -0.773. The molecule has 1 aromatic carbocycles. The molecule has 0 spiro atoms. The molecular weight excluding hydrogens is 252 g/mol. The van der Waals surface area contributed by atoms with Gasteiger partial charge in [0.15, 0.2) is 0 Å². The van der Waals surface area contributed by atoms with Crippen LogP contribution >= 0.6 is 0 Å². The zero-order valence-electron chi connectivity index (χ0n) is 11.7. The van der Waals surface area contributed by atoms with E-state index in [1.807, 2.05) is 36.5 Å². The maximum Gasteiger partial charge on any atom is 0.310 e. The first-order chi connectivity index (χ1) is 9.72. The standard InChI is InChI=1S/C16H20N2O2/c1-2-11-18-12-10-17-15(18)9-8-14(16(19)20)13-6-4-3-5-7-13/h3-7,10,12,14H,2,8-9,11H2,1H3,(H,19,20). The Hall–Kier alpha value is -2.10. The van der Waals surface area contributed by atoms with E-state index in [-0.39, 0.29) is 0 Å². The summed E-state index contributed by atoms with van der Waals surface area (Å²) in [6, 6.07) is 9.40. The zero-order chi connectivity index (χ0) is 14.4. The highest BCUT2D eigenvalue weighted by atomic mass is 16.4. The smallest absolute Gasteiger partial charge is 0.310 e. The Kier molecular flexibility index (Phi) is 4.93. The van der Waals surface area contributed by atoms with Crippen molar-refractivity contribution in [3.63, 3.8) is 0 Å². The van der Waals surface area contributed by atoms with E-state index in [1.165, 1.54) is 0 Å². The van der Waals surface area contributed by atoms with Crippen LogP contribution in [0.1, 0.15) is 37.1 Å². The minimum Gasteiger partial charge on any atom is -0.481 e. The molecule has 0 bridgehead atoms. The van der Waals surface area contributed by atoms with Gasteiger partial charge in [0, 0.05) is 25.4 Å². The molecule has 0 fully saturated rings. The third kappa shape index (κ3) is 3.47. The Balaban J connectivity index is 2.06. The third-order valence-corrected chi connectivity index (χ3v) is 3.42. The fourth-order valence-corrected chi connectivity index (χ4v) is 2.40. The van der Waals surface area contributed by atoms with Crippen LogP contribution in [0.4, 0.5) is 0 Å². The molecule has 0 aliphatic rings. The van der Waals surface area contributed by atoms with Crippen LogP contribution in [0.25, 0.3) is 0 Å². The van der Waals surface area contributed by atoms with Crippen LogP contribution in [-0.2, 0) is 17.8 Å². The molecule has 106 valence electrons. The van der Waals surface area contributed by atoms with Crippen LogP contribution in [0.3, 0.4) is 0 Å². The normalized spacial score (nSPS) is 12.2. The van der Waals surface area contributed by atoms with Crippen LogP contribution < -0.4 is 0 Å². The first kappa shape index (κ1) is 14.3. The van der Waals surface area contributed by atoms with Gasteiger partial charge in [0.2, 0.25) is 0 Å². The van der Waals surface area contributed by atoms with Gasteiger partial charge in [-0.05, 0) is 18.4 Å². The molecule has 0 aliphatic carbocycles. The van der Waals surface area contributed by atoms with Gasteiger partial charge in [0.05, 0.1) is 5.92 Å². The molecule has 1 aromatic heterocycles. The molecule has 0 saturated heterocycles. The van der Waals surface area contributed by atoms with Crippen LogP contribution in [-0.4, -0.2) is 20.6 Å². The van der Waals surface area contributed by atoms with Gasteiger partial charge in [0.25, 0.3) is 0 Å². The Morgan fingerprint density at radius 2 is 2.10 bits per heavy atom. The molecule has 0 aliphatic heterocycles. The summed E-state index contributed by atoms with van der Waals surface area (Å²) in [5.74, 6) is -0.276. The number of aryl methyl sites for hydroxylation is 2. The number of benzene rings is 1. The largest absolute Gasteiger partial charge is 0.481 e. The molecule has 2 rings (SSSR count). The van der Waals surface area contributed by atoms with Gasteiger partial charge in [0.1, 0.15) is 5.82 Å². The van der Waals surface area contributed by atoms with Crippen LogP contribution in [0.5, 0.6) is 0 Å². The average Bonchev–Trinajstić information content (AvgIpc) is 2.88. The quantitative estimate of drug-likeness (QED) is 0.842. The number of aromatic nitrogens is 2. The Bertz CT molecular complexity index is 549. The Morgan fingerprint density at radius 3 is 2.75 bits per heavy atom. The lowest BCUT2D eigenvalue weighted by Gasteiger charge is -2.13. The lowest BCUT2D eigenvalue weighted by atomic mass is 9.94. The summed E-state index contributed by atoms with van der Waals surface area (Å²) in [5.41, 5.74) is 0.855. The van der Waals surface area contributed by atoms with Crippen molar-refractivity contribution in [1.29, 1.82) is 0 Å². The summed E-state index contributed by atoms with van der Waals surface area (Å²) in [6.45, 7) is 3.05. The molecule has 20 heavy (non-hydrogen) atoms. The number of carbonyl (C=O) groups is 1. The minimum absolute atomic E-state index is 0.469. The lowest BCUT2D eigenvalue weighted by Crippen LogP contribution is -2.14. The maximum absolute atomic E-state index is 11.4. The number of imidazole rings is 1. The van der Waals surface area contributed by atoms with E-state index >= 15 is 0 Å². The molecule has 0 saturated carbocycles. The van der Waals surface area contributed by atoms with E-state index in [1.54, 1.807) is 6.20 Å². The summed E-state index contributed by atoms with van der Waals surface area (Å²) in [7, 11) is 0. The van der Waals surface area contributed by atoms with E-state index in [9.17, 15) is 9.90 Å². The topological polar surface area (TPSA) is 55.1 Å². The highest BCUT2D eigenvalue weighted by molar-refractivity contribution is 5.76. The SMILES string of the molecule is CCCn1ccnc1CCC(C(=O)O)c1ccccc1. The predicted octanol–water partition coefficient (Wildman–Crippen LogP) is 3.09. The number of hydrogen-bond donors (Lipinski definition) is 1. The molecule has 0 radical (unpaired) electrons. The monoisotopic (exact) mass is 272 g/mol. The second kappa shape index (κ2) is 6.89. The third-order valence-electron chi connectivity index (χ3n) is 3.42. The number of carboxylic acid groups (broad SMARTS) is 1. The molecule has 4 heteroatoms. The van der Waals surface area contributed by atoms with Crippen molar-refractivity contribution in [3.8, 4) is 0 Å². The van der Waals surface area contributed by atoms with E-state index < -0.39 is 11.9 Å². The van der Waals surface area contributed by atoms with Gasteiger partial charge in [-0.3, -0.25) is 4.79 Å². The fourth-order valence-electron chi connectivity index (χ4n) is 2.40. The van der Waals surface area contributed by atoms with E-state index in [0.29, 0.717) is 12.8 Å². The van der Waals surface area contributed by atoms with Crippen molar-refractivity contribution >= 4 is 5.97 Å². The van der Waals surface area contributed by atoms with E-state index in [0.717, 1.165) is 24.4 Å². The number of nitrogens with zero attached hydrogens (tertiary/aromatic N) is 2. The van der Waals surface area contributed by atoms with Gasteiger partial charge in [-0.25, -0.2) is 4.98 Å². The second-order valence-electron chi connectivity index (χ2n) is 4.88. The van der Waals surface area contributed by atoms with Crippen molar-refractivity contribution in [2.45, 2.75) is 38.6 Å². The predicted molar refractivity (Wildman–Crippen MR) is 77.7 cm³/mol. The Morgan fingerprint density at radius 1 is 1.35 bits per heavy atom. The van der Waals surface area contributed by atoms with Crippen LogP contribution in [0.15, 0.2) is 42.7 Å². The van der Waals surface area contributed by atoms with Crippen molar-refractivity contribution in [2.24, 2.45) is 0 Å². The highest BCUT2D eigenvalue weighted by Gasteiger charge is 2.20. The molecule has 0 amide bonds. The van der Waals surface area contributed by atoms with Crippen molar-refractivity contribution in [3.05, 3.63) is 54.1 Å². The van der Waals surface area contributed by atoms with Gasteiger partial charge in [-0.1, -0.05) is 37.3 Å². The average molecular weight is 272 g/mol. The summed E-state index contributed by atoms with van der Waals surface area (Å²) in [4.78, 5) is 15.8. The number of carboxylic acids is 1. The summed E-state index contributed by atoms with van der Waals surface area (Å²) >= 11 is 0. The second-order valence-corrected chi connectivity index (χ2v) is 4.88. The number of hydrogen-bond acceptors (Lipinski definition) is 2. The number of aliphatic carboxylic acids is 1. The van der Waals surface area contributed by atoms with Gasteiger partial charge < -0.3 is 9.67 Å². The first-order valence-corrected chi connectivity index (χ1v) is 7.00.